The molecule has 0 bridgehead atoms. The average molecular weight is 275 g/mol. The van der Waals surface area contributed by atoms with Crippen LogP contribution in [0.2, 0.25) is 0 Å². The molecule has 0 aliphatic carbocycles. The summed E-state index contributed by atoms with van der Waals surface area (Å²) >= 11 is 1.89. The molecule has 4 heteroatoms. The Hall–Kier alpha value is -1.26. The lowest BCUT2D eigenvalue weighted by Gasteiger charge is -2.13. The number of aromatic nitrogens is 2. The molecule has 3 nitrogen and oxygen atoms in total. The van der Waals surface area contributed by atoms with Crippen molar-refractivity contribution in [2.75, 3.05) is 12.0 Å². The summed E-state index contributed by atoms with van der Waals surface area (Å²) in [7, 11) is 0. The Morgan fingerprint density at radius 1 is 1.32 bits per heavy atom. The van der Waals surface area contributed by atoms with Crippen LogP contribution in [-0.4, -0.2) is 28.2 Å². The Balaban J connectivity index is 1.97. The molecular formula is C15H21N3S. The fourth-order valence-electron chi connectivity index (χ4n) is 1.98. The second-order valence-corrected chi connectivity index (χ2v) is 5.69. The van der Waals surface area contributed by atoms with E-state index in [1.807, 2.05) is 24.0 Å². The standard InChI is InChI=1S/C15H21N3S/c1-12(8-9-19-2)16-10-14-11-17-18-15(14)13-6-4-3-5-7-13/h3-7,11-12,16H,8-10H2,1-2H3,(H,17,18). The van der Waals surface area contributed by atoms with E-state index >= 15 is 0 Å². The molecule has 0 saturated carbocycles. The zero-order chi connectivity index (χ0) is 13.5. The van der Waals surface area contributed by atoms with Gasteiger partial charge in [0.25, 0.3) is 0 Å². The second kappa shape index (κ2) is 7.36. The fraction of sp³-hybridized carbons (Fsp3) is 0.400. The molecule has 1 atom stereocenters. The maximum Gasteiger partial charge on any atom is 0.0695 e. The molecule has 0 spiro atoms. The Labute approximate surface area is 119 Å². The molecule has 0 radical (unpaired) electrons. The van der Waals surface area contributed by atoms with Crippen LogP contribution >= 0.6 is 11.8 Å². The number of hydrogen-bond donors (Lipinski definition) is 2. The van der Waals surface area contributed by atoms with Crippen molar-refractivity contribution in [3.63, 3.8) is 0 Å². The van der Waals surface area contributed by atoms with Crippen LogP contribution < -0.4 is 5.32 Å². The molecule has 1 aromatic heterocycles. The van der Waals surface area contributed by atoms with Gasteiger partial charge in [0.1, 0.15) is 0 Å². The van der Waals surface area contributed by atoms with Crippen LogP contribution in [0.15, 0.2) is 36.5 Å². The topological polar surface area (TPSA) is 40.7 Å². The first kappa shape index (κ1) is 14.2. The van der Waals surface area contributed by atoms with Gasteiger partial charge in [-0.05, 0) is 30.9 Å². The van der Waals surface area contributed by atoms with Gasteiger partial charge in [0.2, 0.25) is 0 Å². The Morgan fingerprint density at radius 2 is 2.11 bits per heavy atom. The molecule has 0 aliphatic rings. The summed E-state index contributed by atoms with van der Waals surface area (Å²) in [6.45, 7) is 3.09. The van der Waals surface area contributed by atoms with Crippen LogP contribution in [0.4, 0.5) is 0 Å². The molecule has 2 rings (SSSR count). The summed E-state index contributed by atoms with van der Waals surface area (Å²) in [5.74, 6) is 1.20. The van der Waals surface area contributed by atoms with Crippen molar-refractivity contribution < 1.29 is 0 Å². The molecular weight excluding hydrogens is 254 g/mol. The molecule has 1 aromatic carbocycles. The van der Waals surface area contributed by atoms with Crippen molar-refractivity contribution in [1.82, 2.24) is 15.5 Å². The highest BCUT2D eigenvalue weighted by molar-refractivity contribution is 7.98. The zero-order valence-electron chi connectivity index (χ0n) is 11.5. The highest BCUT2D eigenvalue weighted by Gasteiger charge is 2.08. The van der Waals surface area contributed by atoms with E-state index in [2.05, 4.69) is 53.0 Å². The van der Waals surface area contributed by atoms with Crippen LogP contribution in [0.25, 0.3) is 11.3 Å². The minimum absolute atomic E-state index is 0.533. The second-order valence-electron chi connectivity index (χ2n) is 4.70. The maximum atomic E-state index is 4.17. The van der Waals surface area contributed by atoms with E-state index in [0.717, 1.165) is 12.2 Å². The van der Waals surface area contributed by atoms with Crippen LogP contribution in [0, 0.1) is 0 Å². The van der Waals surface area contributed by atoms with Gasteiger partial charge in [0, 0.05) is 18.2 Å². The molecule has 19 heavy (non-hydrogen) atoms. The van der Waals surface area contributed by atoms with E-state index in [1.165, 1.54) is 23.3 Å². The first-order chi connectivity index (χ1) is 9.31. The van der Waals surface area contributed by atoms with Gasteiger partial charge in [0.15, 0.2) is 0 Å². The number of hydrogen-bond acceptors (Lipinski definition) is 3. The molecule has 2 N–H and O–H groups in total. The predicted octanol–water partition coefficient (Wildman–Crippen LogP) is 3.31. The summed E-state index contributed by atoms with van der Waals surface area (Å²) in [5.41, 5.74) is 3.53. The summed E-state index contributed by atoms with van der Waals surface area (Å²) in [4.78, 5) is 0. The van der Waals surface area contributed by atoms with Crippen molar-refractivity contribution in [1.29, 1.82) is 0 Å². The summed E-state index contributed by atoms with van der Waals surface area (Å²) in [6, 6.07) is 10.9. The van der Waals surface area contributed by atoms with Gasteiger partial charge in [-0.3, -0.25) is 5.10 Å². The van der Waals surface area contributed by atoms with E-state index in [1.54, 1.807) is 0 Å². The largest absolute Gasteiger partial charge is 0.310 e. The van der Waals surface area contributed by atoms with E-state index in [9.17, 15) is 0 Å². The number of thioether (sulfide) groups is 1. The summed E-state index contributed by atoms with van der Waals surface area (Å²) < 4.78 is 0. The minimum atomic E-state index is 0.533. The third-order valence-electron chi connectivity index (χ3n) is 3.18. The first-order valence-electron chi connectivity index (χ1n) is 6.61. The third-order valence-corrected chi connectivity index (χ3v) is 3.82. The van der Waals surface area contributed by atoms with E-state index in [0.29, 0.717) is 6.04 Å². The van der Waals surface area contributed by atoms with Crippen molar-refractivity contribution in [3.05, 3.63) is 42.1 Å². The predicted molar refractivity (Wildman–Crippen MR) is 83.3 cm³/mol. The number of H-pyrrole nitrogens is 1. The number of aromatic amines is 1. The monoisotopic (exact) mass is 275 g/mol. The third kappa shape index (κ3) is 4.11. The van der Waals surface area contributed by atoms with Crippen molar-refractivity contribution in [3.8, 4) is 11.3 Å². The summed E-state index contributed by atoms with van der Waals surface area (Å²) in [6.07, 6.45) is 5.26. The fourth-order valence-corrected chi connectivity index (χ4v) is 2.57. The van der Waals surface area contributed by atoms with Crippen molar-refractivity contribution in [2.45, 2.75) is 25.9 Å². The zero-order valence-corrected chi connectivity index (χ0v) is 12.3. The summed E-state index contributed by atoms with van der Waals surface area (Å²) in [5, 5.41) is 10.8. The van der Waals surface area contributed by atoms with Gasteiger partial charge >= 0.3 is 0 Å². The Bertz CT molecular complexity index is 481. The SMILES string of the molecule is CSCCC(C)NCc1cn[nH]c1-c1ccccc1. The molecule has 2 aromatic rings. The highest BCUT2D eigenvalue weighted by atomic mass is 32.2. The lowest BCUT2D eigenvalue weighted by atomic mass is 10.1. The number of nitrogens with one attached hydrogen (secondary N) is 2. The van der Waals surface area contributed by atoms with Crippen LogP contribution in [-0.2, 0) is 6.54 Å². The van der Waals surface area contributed by atoms with Crippen LogP contribution in [0.1, 0.15) is 18.9 Å². The molecule has 102 valence electrons. The van der Waals surface area contributed by atoms with E-state index in [4.69, 9.17) is 0 Å². The van der Waals surface area contributed by atoms with Gasteiger partial charge in [0.05, 0.1) is 11.9 Å². The van der Waals surface area contributed by atoms with Crippen molar-refractivity contribution >= 4 is 11.8 Å². The number of rotatable bonds is 7. The molecule has 1 heterocycles. The molecule has 0 amide bonds. The molecule has 0 saturated heterocycles. The number of nitrogens with zero attached hydrogens (tertiary/aromatic N) is 1. The lowest BCUT2D eigenvalue weighted by Crippen LogP contribution is -2.26. The van der Waals surface area contributed by atoms with E-state index in [-0.39, 0.29) is 0 Å². The Morgan fingerprint density at radius 3 is 2.84 bits per heavy atom. The quantitative estimate of drug-likeness (QED) is 0.814. The van der Waals surface area contributed by atoms with Gasteiger partial charge in [-0.2, -0.15) is 16.9 Å². The normalized spacial score (nSPS) is 12.5. The van der Waals surface area contributed by atoms with Gasteiger partial charge in [-0.15, -0.1) is 0 Å². The van der Waals surface area contributed by atoms with Crippen molar-refractivity contribution in [2.24, 2.45) is 0 Å². The Kier molecular flexibility index (Phi) is 5.48. The molecule has 0 fully saturated rings. The van der Waals surface area contributed by atoms with E-state index < -0.39 is 0 Å². The lowest BCUT2D eigenvalue weighted by molar-refractivity contribution is 0.538. The average Bonchev–Trinajstić information content (AvgIpc) is 2.92. The maximum absolute atomic E-state index is 4.17. The molecule has 0 aliphatic heterocycles. The van der Waals surface area contributed by atoms with Gasteiger partial charge < -0.3 is 5.32 Å². The number of benzene rings is 1. The van der Waals surface area contributed by atoms with Gasteiger partial charge in [-0.1, -0.05) is 30.3 Å². The molecule has 1 unspecified atom stereocenters. The highest BCUT2D eigenvalue weighted by Crippen LogP contribution is 2.20. The van der Waals surface area contributed by atoms with Crippen LogP contribution in [0.5, 0.6) is 0 Å². The minimum Gasteiger partial charge on any atom is -0.310 e. The smallest absolute Gasteiger partial charge is 0.0695 e. The van der Waals surface area contributed by atoms with Gasteiger partial charge in [-0.25, -0.2) is 0 Å². The van der Waals surface area contributed by atoms with Crippen LogP contribution in [0.3, 0.4) is 0 Å². The first-order valence-corrected chi connectivity index (χ1v) is 8.00.